The van der Waals surface area contributed by atoms with Gasteiger partial charge in [-0.25, -0.2) is 4.79 Å². The lowest BCUT2D eigenvalue weighted by Crippen LogP contribution is -2.46. The molecule has 1 aromatic heterocycles. The van der Waals surface area contributed by atoms with Crippen LogP contribution in [-0.2, 0) is 9.59 Å². The SMILES string of the molecule is CN1CC(N(c2cc(C#CC(C)(C)C)sc2C(=O)O)C(=O)[C@H]2CC[C@H](C)CC2)CC1=O. The van der Waals surface area contributed by atoms with Crippen molar-refractivity contribution in [2.75, 3.05) is 18.5 Å². The third kappa shape index (κ3) is 5.48. The number of anilines is 1. The standard InChI is InChI=1S/C24H32N2O4S/c1-15-6-8-16(9-7-15)22(28)26(17-12-20(27)25(5)14-17)19-13-18(10-11-24(2,3)4)31-21(19)23(29)30/h13,15-17H,6-9,12,14H2,1-5H3,(H,29,30)/t15-,16-,17?. The van der Waals surface area contributed by atoms with Gasteiger partial charge in [0.1, 0.15) is 4.88 Å². The highest BCUT2D eigenvalue weighted by Crippen LogP contribution is 2.37. The molecule has 168 valence electrons. The molecule has 0 radical (unpaired) electrons. The largest absolute Gasteiger partial charge is 0.477 e. The molecule has 0 spiro atoms. The van der Waals surface area contributed by atoms with Crippen molar-refractivity contribution >= 4 is 34.8 Å². The number of likely N-dealkylation sites (N-methyl/N-ethyl adjacent to an activating group) is 1. The number of likely N-dealkylation sites (tertiary alicyclic amines) is 1. The first-order chi connectivity index (χ1) is 14.5. The van der Waals surface area contributed by atoms with E-state index in [0.717, 1.165) is 37.0 Å². The maximum absolute atomic E-state index is 13.7. The van der Waals surface area contributed by atoms with E-state index in [1.165, 1.54) is 0 Å². The van der Waals surface area contributed by atoms with Gasteiger partial charge in [0.05, 0.1) is 16.6 Å². The fourth-order valence-corrected chi connectivity index (χ4v) is 5.08. The number of carbonyl (C=O) groups is 3. The zero-order valence-corrected chi connectivity index (χ0v) is 19.8. The van der Waals surface area contributed by atoms with Crippen LogP contribution in [0.3, 0.4) is 0 Å². The van der Waals surface area contributed by atoms with Crippen LogP contribution in [0.25, 0.3) is 0 Å². The van der Waals surface area contributed by atoms with Crippen LogP contribution in [0.2, 0.25) is 0 Å². The molecule has 1 N–H and O–H groups in total. The van der Waals surface area contributed by atoms with Crippen molar-refractivity contribution in [2.45, 2.75) is 65.8 Å². The Bertz CT molecular complexity index is 926. The van der Waals surface area contributed by atoms with Crippen LogP contribution in [0.15, 0.2) is 6.07 Å². The topological polar surface area (TPSA) is 77.9 Å². The second kappa shape index (κ2) is 9.04. The summed E-state index contributed by atoms with van der Waals surface area (Å²) in [5.41, 5.74) is 0.162. The molecule has 3 rings (SSSR count). The first kappa shape index (κ1) is 23.3. The molecule has 0 bridgehead atoms. The van der Waals surface area contributed by atoms with Crippen LogP contribution in [0.4, 0.5) is 5.69 Å². The summed E-state index contributed by atoms with van der Waals surface area (Å²) in [6.07, 6.45) is 3.80. The second-order valence-corrected chi connectivity index (χ2v) is 11.0. The molecule has 2 amide bonds. The fourth-order valence-electron chi connectivity index (χ4n) is 4.24. The highest BCUT2D eigenvalue weighted by Gasteiger charge is 2.40. The van der Waals surface area contributed by atoms with Crippen LogP contribution in [-0.4, -0.2) is 47.4 Å². The monoisotopic (exact) mass is 444 g/mol. The Labute approximate surface area is 188 Å². The number of nitrogens with zero attached hydrogens (tertiary/aromatic N) is 2. The van der Waals surface area contributed by atoms with Crippen LogP contribution >= 0.6 is 11.3 Å². The summed E-state index contributed by atoms with van der Waals surface area (Å²) in [4.78, 5) is 42.0. The number of aromatic carboxylic acids is 1. The Morgan fingerprint density at radius 1 is 1.23 bits per heavy atom. The number of carboxylic acid groups (broad SMARTS) is 1. The smallest absolute Gasteiger partial charge is 0.348 e. The number of carboxylic acids is 1. The predicted octanol–water partition coefficient (Wildman–Crippen LogP) is 4.23. The second-order valence-electron chi connectivity index (χ2n) is 9.93. The third-order valence-corrected chi connectivity index (χ3v) is 7.04. The average Bonchev–Trinajstić information content (AvgIpc) is 3.24. The maximum atomic E-state index is 13.7. The summed E-state index contributed by atoms with van der Waals surface area (Å²) < 4.78 is 0. The van der Waals surface area contributed by atoms with Crippen molar-refractivity contribution < 1.29 is 19.5 Å². The lowest BCUT2D eigenvalue weighted by molar-refractivity contribution is -0.126. The molecule has 1 atom stereocenters. The van der Waals surface area contributed by atoms with Crippen molar-refractivity contribution in [1.29, 1.82) is 0 Å². The fraction of sp³-hybridized carbons (Fsp3) is 0.625. The van der Waals surface area contributed by atoms with Crippen LogP contribution in [0, 0.1) is 29.1 Å². The van der Waals surface area contributed by atoms with Gasteiger partial charge in [-0.05, 0) is 58.4 Å². The lowest BCUT2D eigenvalue weighted by Gasteiger charge is -2.34. The third-order valence-electron chi connectivity index (χ3n) is 6.02. The van der Waals surface area contributed by atoms with Crippen LogP contribution < -0.4 is 4.90 Å². The van der Waals surface area contributed by atoms with E-state index in [2.05, 4.69) is 18.8 Å². The van der Waals surface area contributed by atoms with E-state index >= 15 is 0 Å². The van der Waals surface area contributed by atoms with Gasteiger partial charge in [-0.15, -0.1) is 11.3 Å². The first-order valence-electron chi connectivity index (χ1n) is 10.9. The van der Waals surface area contributed by atoms with Crippen molar-refractivity contribution in [3.63, 3.8) is 0 Å². The number of rotatable bonds is 4. The van der Waals surface area contributed by atoms with Gasteiger partial charge in [0.25, 0.3) is 0 Å². The molecule has 1 saturated carbocycles. The molecule has 6 nitrogen and oxygen atoms in total. The Kier molecular flexibility index (Phi) is 6.80. The Morgan fingerprint density at radius 3 is 2.39 bits per heavy atom. The molecule has 31 heavy (non-hydrogen) atoms. The minimum absolute atomic E-state index is 0.0279. The zero-order chi connectivity index (χ0) is 22.9. The number of thiophene rings is 1. The van der Waals surface area contributed by atoms with Crippen LogP contribution in [0.5, 0.6) is 0 Å². The molecule has 2 heterocycles. The number of carbonyl (C=O) groups excluding carboxylic acids is 2. The van der Waals surface area contributed by atoms with Crippen molar-refractivity contribution in [2.24, 2.45) is 17.3 Å². The summed E-state index contributed by atoms with van der Waals surface area (Å²) in [5, 5.41) is 9.88. The zero-order valence-electron chi connectivity index (χ0n) is 19.0. The van der Waals surface area contributed by atoms with Crippen molar-refractivity contribution in [3.8, 4) is 11.8 Å². The molecule has 1 aromatic rings. The van der Waals surface area contributed by atoms with E-state index in [0.29, 0.717) is 23.0 Å². The number of amides is 2. The maximum Gasteiger partial charge on any atom is 0.348 e. The molecule has 1 aliphatic carbocycles. The lowest BCUT2D eigenvalue weighted by atomic mass is 9.82. The minimum Gasteiger partial charge on any atom is -0.477 e. The van der Waals surface area contributed by atoms with E-state index in [1.807, 2.05) is 20.8 Å². The van der Waals surface area contributed by atoms with Gasteiger partial charge in [-0.1, -0.05) is 18.8 Å². The molecule has 2 fully saturated rings. The molecule has 1 aliphatic heterocycles. The average molecular weight is 445 g/mol. The highest BCUT2D eigenvalue weighted by atomic mass is 32.1. The first-order valence-corrected chi connectivity index (χ1v) is 11.7. The molecule has 7 heteroatoms. The van der Waals surface area contributed by atoms with Gasteiger partial charge in [-0.2, -0.15) is 0 Å². The Morgan fingerprint density at radius 2 is 1.87 bits per heavy atom. The van der Waals surface area contributed by atoms with Crippen LogP contribution in [0.1, 0.15) is 74.3 Å². The van der Waals surface area contributed by atoms with Crippen molar-refractivity contribution in [1.82, 2.24) is 4.90 Å². The summed E-state index contributed by atoms with van der Waals surface area (Å²) in [6.45, 7) is 8.59. The van der Waals surface area contributed by atoms with Gasteiger partial charge in [-0.3, -0.25) is 9.59 Å². The summed E-state index contributed by atoms with van der Waals surface area (Å²) in [7, 11) is 1.72. The van der Waals surface area contributed by atoms with E-state index in [1.54, 1.807) is 22.9 Å². The summed E-state index contributed by atoms with van der Waals surface area (Å²) in [6, 6.07) is 1.36. The normalized spacial score (nSPS) is 24.0. The van der Waals surface area contributed by atoms with Gasteiger partial charge in [0.15, 0.2) is 0 Å². The minimum atomic E-state index is -1.07. The molecular weight excluding hydrogens is 412 g/mol. The van der Waals surface area contributed by atoms with E-state index in [9.17, 15) is 19.5 Å². The summed E-state index contributed by atoms with van der Waals surface area (Å²) in [5.74, 6) is 5.52. The van der Waals surface area contributed by atoms with Gasteiger partial charge >= 0.3 is 5.97 Å². The molecule has 0 aromatic carbocycles. The number of hydrogen-bond donors (Lipinski definition) is 1. The van der Waals surface area contributed by atoms with Crippen molar-refractivity contribution in [3.05, 3.63) is 15.8 Å². The predicted molar refractivity (Wildman–Crippen MR) is 122 cm³/mol. The summed E-state index contributed by atoms with van der Waals surface area (Å²) >= 11 is 1.10. The van der Waals surface area contributed by atoms with E-state index < -0.39 is 5.97 Å². The van der Waals surface area contributed by atoms with E-state index in [-0.39, 0.29) is 40.5 Å². The quantitative estimate of drug-likeness (QED) is 0.705. The molecule has 1 saturated heterocycles. The molecule has 2 aliphatic rings. The Hall–Kier alpha value is -2.33. The molecular formula is C24H32N2O4S. The molecule has 1 unspecified atom stereocenters. The van der Waals surface area contributed by atoms with Gasteiger partial charge in [0, 0.05) is 31.3 Å². The Balaban J connectivity index is 2.03. The van der Waals surface area contributed by atoms with Gasteiger partial charge < -0.3 is 14.9 Å². The number of hydrogen-bond acceptors (Lipinski definition) is 4. The highest BCUT2D eigenvalue weighted by molar-refractivity contribution is 7.15. The van der Waals surface area contributed by atoms with E-state index in [4.69, 9.17) is 0 Å². The van der Waals surface area contributed by atoms with Gasteiger partial charge in [0.2, 0.25) is 11.8 Å².